The van der Waals surface area contributed by atoms with E-state index in [0.29, 0.717) is 38.0 Å². The highest BCUT2D eigenvalue weighted by Gasteiger charge is 2.29. The van der Waals surface area contributed by atoms with Gasteiger partial charge >= 0.3 is 0 Å². The monoisotopic (exact) mass is 788 g/mol. The second-order valence-corrected chi connectivity index (χ2v) is 14.4. The topological polar surface area (TPSA) is 58.3 Å². The normalized spacial score (nSPS) is 19.7. The molecule has 0 bridgehead atoms. The Balaban J connectivity index is 0.000000233. The van der Waals surface area contributed by atoms with Crippen LogP contribution in [0, 0.1) is 0 Å². The predicted octanol–water partition coefficient (Wildman–Crippen LogP) is 12.6. The maximum atomic E-state index is 9.26. The van der Waals surface area contributed by atoms with E-state index in [1.165, 1.54) is 38.9 Å². The summed E-state index contributed by atoms with van der Waals surface area (Å²) in [5.41, 5.74) is 16.1. The number of fused-ring (bicyclic) bond motifs is 2. The van der Waals surface area contributed by atoms with Gasteiger partial charge in [0.15, 0.2) is 0 Å². The number of rotatable bonds is 6. The fourth-order valence-corrected chi connectivity index (χ4v) is 7.86. The maximum Gasteiger partial charge on any atom is 0.0681 e. The van der Waals surface area contributed by atoms with Crippen molar-refractivity contribution < 1.29 is 5.11 Å². The molecule has 2 aliphatic rings. The van der Waals surface area contributed by atoms with Crippen LogP contribution < -0.4 is 11.1 Å². The van der Waals surface area contributed by atoms with Gasteiger partial charge in [-0.25, -0.2) is 0 Å². The molecule has 0 heterocycles. The summed E-state index contributed by atoms with van der Waals surface area (Å²) >= 11 is 24.5. The Labute approximate surface area is 328 Å². The first kappa shape index (κ1) is 40.5. The maximum absolute atomic E-state index is 9.26. The average Bonchev–Trinajstić information content (AvgIpc) is 3.11. The van der Waals surface area contributed by atoms with Gasteiger partial charge in [-0.2, -0.15) is 0 Å². The van der Waals surface area contributed by atoms with Gasteiger partial charge in [-0.1, -0.05) is 131 Å². The van der Waals surface area contributed by atoms with E-state index in [0.717, 1.165) is 31.2 Å². The zero-order chi connectivity index (χ0) is 33.8. The van der Waals surface area contributed by atoms with E-state index >= 15 is 0 Å². The lowest BCUT2D eigenvalue weighted by Crippen LogP contribution is -2.29. The van der Waals surface area contributed by atoms with Crippen LogP contribution in [0.2, 0.25) is 20.1 Å². The lowest BCUT2D eigenvalue weighted by Gasteiger charge is -2.34. The van der Waals surface area contributed by atoms with Crippen LogP contribution in [-0.2, 0) is 6.61 Å². The van der Waals surface area contributed by atoms with Crippen LogP contribution in [0.15, 0.2) is 109 Å². The zero-order valence-electron chi connectivity index (χ0n) is 27.7. The lowest BCUT2D eigenvalue weighted by atomic mass is 9.76. The molecule has 5 aromatic rings. The van der Waals surface area contributed by atoms with Crippen LogP contribution in [0.1, 0.15) is 107 Å². The summed E-state index contributed by atoms with van der Waals surface area (Å²) in [6, 6.07) is 37.9. The van der Waals surface area contributed by atoms with Gasteiger partial charge in [0.25, 0.3) is 0 Å². The Hall–Kier alpha value is -2.28. The Morgan fingerprint density at radius 2 is 1.10 bits per heavy atom. The fourth-order valence-electron chi connectivity index (χ4n) is 7.25. The quantitative estimate of drug-likeness (QED) is 0.161. The highest BCUT2D eigenvalue weighted by Crippen LogP contribution is 2.44. The van der Waals surface area contributed by atoms with Crippen LogP contribution in [0.5, 0.6) is 0 Å². The molecule has 0 aromatic heterocycles. The van der Waals surface area contributed by atoms with Gasteiger partial charge in [0.2, 0.25) is 0 Å². The lowest BCUT2D eigenvalue weighted by molar-refractivity contribution is 0.282. The molecule has 3 nitrogen and oxygen atoms in total. The van der Waals surface area contributed by atoms with Crippen molar-refractivity contribution >= 4 is 71.2 Å². The second kappa shape index (κ2) is 18.5. The molecule has 9 heteroatoms. The molecule has 0 saturated carbocycles. The molecule has 4 N–H and O–H groups in total. The van der Waals surface area contributed by atoms with E-state index < -0.39 is 0 Å². The summed E-state index contributed by atoms with van der Waals surface area (Å²) in [4.78, 5) is 0. The Morgan fingerprint density at radius 3 is 1.62 bits per heavy atom. The van der Waals surface area contributed by atoms with Crippen molar-refractivity contribution in [3.8, 4) is 0 Å². The molecular formula is C41H42Cl6N2O. The highest BCUT2D eigenvalue weighted by atomic mass is 35.5. The van der Waals surface area contributed by atoms with Crippen molar-refractivity contribution in [2.75, 3.05) is 0 Å². The largest absolute Gasteiger partial charge is 0.392 e. The number of nitrogens with two attached hydrogens (primary N) is 1. The van der Waals surface area contributed by atoms with E-state index in [2.05, 4.69) is 85.0 Å². The third kappa shape index (κ3) is 9.19. The van der Waals surface area contributed by atoms with Crippen molar-refractivity contribution in [2.45, 2.75) is 69.2 Å². The Bertz CT molecular complexity index is 1870. The Morgan fingerprint density at radius 1 is 0.620 bits per heavy atom. The summed E-state index contributed by atoms with van der Waals surface area (Å²) in [5.74, 6) is 0.698. The number of benzene rings is 5. The van der Waals surface area contributed by atoms with Crippen LogP contribution in [0.3, 0.4) is 0 Å². The van der Waals surface area contributed by atoms with Gasteiger partial charge in [0.05, 0.1) is 26.7 Å². The van der Waals surface area contributed by atoms with Crippen molar-refractivity contribution in [1.82, 2.24) is 5.32 Å². The molecule has 2 aliphatic carbocycles. The van der Waals surface area contributed by atoms with Crippen molar-refractivity contribution in [2.24, 2.45) is 5.73 Å². The van der Waals surface area contributed by atoms with Gasteiger partial charge in [0.1, 0.15) is 0 Å². The van der Waals surface area contributed by atoms with Crippen molar-refractivity contribution in [1.29, 1.82) is 0 Å². The number of aliphatic hydroxyl groups is 1. The molecule has 5 aromatic carbocycles. The van der Waals surface area contributed by atoms with E-state index in [-0.39, 0.29) is 43.5 Å². The number of hydrogen-bond acceptors (Lipinski definition) is 3. The summed E-state index contributed by atoms with van der Waals surface area (Å²) in [5, 5.41) is 15.5. The molecule has 0 spiro atoms. The molecule has 0 unspecified atom stereocenters. The highest BCUT2D eigenvalue weighted by molar-refractivity contribution is 6.42. The van der Waals surface area contributed by atoms with Gasteiger partial charge in [-0.05, 0) is 101 Å². The molecule has 0 amide bonds. The van der Waals surface area contributed by atoms with Gasteiger partial charge in [-0.15, -0.1) is 24.8 Å². The summed E-state index contributed by atoms with van der Waals surface area (Å²) < 4.78 is 0. The number of nitrogens with one attached hydrogen (secondary N) is 1. The molecule has 0 saturated heterocycles. The molecule has 5 atom stereocenters. The minimum absolute atomic E-state index is 0. The summed E-state index contributed by atoms with van der Waals surface area (Å²) in [7, 11) is 0. The molecular weight excluding hydrogens is 749 g/mol. The molecule has 264 valence electrons. The molecule has 0 radical (unpaired) electrons. The predicted molar refractivity (Wildman–Crippen MR) is 216 cm³/mol. The van der Waals surface area contributed by atoms with E-state index in [4.69, 9.17) is 52.1 Å². The minimum atomic E-state index is 0. The minimum Gasteiger partial charge on any atom is -0.392 e. The summed E-state index contributed by atoms with van der Waals surface area (Å²) in [6.45, 7) is 2.27. The van der Waals surface area contributed by atoms with E-state index in [9.17, 15) is 5.11 Å². The SMILES string of the molecule is C[C@@H](N[C@@H]1CC[C@@H](c2ccc(Cl)c(Cl)c2)c2ccccc21)c1ccc(CO)cc1.Cl.Cl.N[C@@H]1CC[C@@H](c2ccc(Cl)c(Cl)c2)c2ccccc21. The first-order chi connectivity index (χ1) is 23.2. The first-order valence-corrected chi connectivity index (χ1v) is 18.0. The van der Waals surface area contributed by atoms with Crippen LogP contribution in [-0.4, -0.2) is 5.11 Å². The number of aliphatic hydroxyl groups excluding tert-OH is 1. The number of halogens is 6. The van der Waals surface area contributed by atoms with Crippen LogP contribution >= 0.6 is 71.2 Å². The van der Waals surface area contributed by atoms with Crippen molar-refractivity contribution in [3.05, 3.63) is 174 Å². The fraction of sp³-hybridized carbons (Fsp3) is 0.268. The number of hydrogen-bond donors (Lipinski definition) is 3. The smallest absolute Gasteiger partial charge is 0.0681 e. The molecule has 0 fully saturated rings. The van der Waals surface area contributed by atoms with Crippen molar-refractivity contribution in [3.63, 3.8) is 0 Å². The first-order valence-electron chi connectivity index (χ1n) is 16.5. The van der Waals surface area contributed by atoms with Gasteiger partial charge in [-0.3, -0.25) is 0 Å². The Kier molecular flexibility index (Phi) is 15.0. The molecule has 0 aliphatic heterocycles. The van der Waals surface area contributed by atoms with Crippen LogP contribution in [0.25, 0.3) is 0 Å². The van der Waals surface area contributed by atoms with E-state index in [1.54, 1.807) is 0 Å². The second-order valence-electron chi connectivity index (χ2n) is 12.8. The van der Waals surface area contributed by atoms with Gasteiger partial charge in [0, 0.05) is 30.0 Å². The third-order valence-electron chi connectivity index (χ3n) is 9.83. The molecule has 50 heavy (non-hydrogen) atoms. The summed E-state index contributed by atoms with van der Waals surface area (Å²) in [6.07, 6.45) is 4.17. The van der Waals surface area contributed by atoms with Gasteiger partial charge < -0.3 is 16.2 Å². The standard InChI is InChI=1S/C25H25Cl2NO.C16H15Cl2N.2ClH/c1-16(18-8-6-17(15-29)7-9-18)28-25-13-11-20(21-4-2-3-5-22(21)25)19-10-12-23(26)24(27)14-19;17-14-7-5-10(9-15(14)18)11-6-8-16(19)13-4-2-1-3-12(11)13;;/h2-10,12,14,16,20,25,28-29H,11,13,15H2,1H3;1-5,7,9,11,16H,6,8,19H2;2*1H/t16-,20+,25-;11-,16+;;/m10../s1. The third-order valence-corrected chi connectivity index (χ3v) is 11.3. The van der Waals surface area contributed by atoms with Crippen LogP contribution in [0.4, 0.5) is 0 Å². The molecule has 7 rings (SSSR count). The zero-order valence-corrected chi connectivity index (χ0v) is 32.3. The van der Waals surface area contributed by atoms with E-state index in [1.807, 2.05) is 36.4 Å². The average molecular weight is 792 g/mol.